The summed E-state index contributed by atoms with van der Waals surface area (Å²) in [4.78, 5) is 21.3. The van der Waals surface area contributed by atoms with Crippen LogP contribution >= 0.6 is 0 Å². The van der Waals surface area contributed by atoms with E-state index >= 15 is 0 Å². The zero-order valence-corrected chi connectivity index (χ0v) is 7.83. The Labute approximate surface area is 72.8 Å². The van der Waals surface area contributed by atoms with Crippen molar-refractivity contribution >= 4 is 11.8 Å². The normalized spacial score (nSPS) is 13.0. The van der Waals surface area contributed by atoms with E-state index in [-0.39, 0.29) is 12.2 Å². The minimum atomic E-state index is -0.862. The van der Waals surface area contributed by atoms with Crippen molar-refractivity contribution in [1.82, 2.24) is 0 Å². The largest absolute Gasteiger partial charge is 0.481 e. The number of carbonyl (C=O) groups is 2. The molecule has 70 valence electrons. The summed E-state index contributed by atoms with van der Waals surface area (Å²) in [6, 6.07) is 0. The van der Waals surface area contributed by atoms with Gasteiger partial charge in [0, 0.05) is 6.42 Å². The van der Waals surface area contributed by atoms with Gasteiger partial charge < -0.3 is 9.90 Å². The molecular formula is C9H16O3. The van der Waals surface area contributed by atoms with Gasteiger partial charge in [-0.05, 0) is 19.3 Å². The molecule has 1 atom stereocenters. The topological polar surface area (TPSA) is 54.4 Å². The molecule has 1 N–H and O–H groups in total. The van der Waals surface area contributed by atoms with E-state index < -0.39 is 11.9 Å². The van der Waals surface area contributed by atoms with Crippen LogP contribution in [-0.2, 0) is 9.59 Å². The minimum Gasteiger partial charge on any atom is -0.481 e. The third-order valence-electron chi connectivity index (χ3n) is 1.64. The summed E-state index contributed by atoms with van der Waals surface area (Å²) in [5, 5.41) is 8.72. The first-order valence-electron chi connectivity index (χ1n) is 4.15. The average molecular weight is 172 g/mol. The summed E-state index contributed by atoms with van der Waals surface area (Å²) < 4.78 is 0. The fourth-order valence-electron chi connectivity index (χ4n) is 1.19. The minimum absolute atomic E-state index is 0.0527. The zero-order chi connectivity index (χ0) is 9.72. The first-order chi connectivity index (χ1) is 5.43. The van der Waals surface area contributed by atoms with Gasteiger partial charge in [0.25, 0.3) is 0 Å². The predicted molar refractivity (Wildman–Crippen MR) is 45.9 cm³/mol. The van der Waals surface area contributed by atoms with Gasteiger partial charge in [0.15, 0.2) is 0 Å². The lowest BCUT2D eigenvalue weighted by molar-refractivity contribution is -0.144. The van der Waals surface area contributed by atoms with Crippen LogP contribution in [0.4, 0.5) is 0 Å². The van der Waals surface area contributed by atoms with E-state index in [2.05, 4.69) is 0 Å². The Hall–Kier alpha value is -0.860. The molecule has 0 bridgehead atoms. The van der Waals surface area contributed by atoms with Gasteiger partial charge >= 0.3 is 5.97 Å². The maximum atomic E-state index is 10.7. The number of carboxylic acid groups (broad SMARTS) is 1. The van der Waals surface area contributed by atoms with Crippen LogP contribution in [0.2, 0.25) is 0 Å². The molecule has 0 rings (SSSR count). The van der Waals surface area contributed by atoms with Crippen LogP contribution < -0.4 is 0 Å². The molecule has 0 amide bonds. The monoisotopic (exact) mass is 172 g/mol. The van der Waals surface area contributed by atoms with E-state index in [9.17, 15) is 9.59 Å². The van der Waals surface area contributed by atoms with E-state index in [1.54, 1.807) is 0 Å². The number of ketones is 1. The molecule has 12 heavy (non-hydrogen) atoms. The molecule has 3 heteroatoms. The molecule has 0 aromatic heterocycles. The van der Waals surface area contributed by atoms with E-state index in [0.717, 1.165) is 0 Å². The highest BCUT2D eigenvalue weighted by Gasteiger charge is 2.20. The average Bonchev–Trinajstić information content (AvgIpc) is 1.83. The molecular weight excluding hydrogens is 156 g/mol. The maximum absolute atomic E-state index is 10.7. The SMILES string of the molecule is CC(=O)C[C@H](CC(C)C)C(=O)O. The smallest absolute Gasteiger partial charge is 0.306 e. The highest BCUT2D eigenvalue weighted by Crippen LogP contribution is 2.15. The van der Waals surface area contributed by atoms with E-state index in [1.807, 2.05) is 13.8 Å². The van der Waals surface area contributed by atoms with Gasteiger partial charge in [-0.3, -0.25) is 4.79 Å². The number of hydrogen-bond acceptors (Lipinski definition) is 2. The second kappa shape index (κ2) is 4.91. The van der Waals surface area contributed by atoms with E-state index in [1.165, 1.54) is 6.92 Å². The van der Waals surface area contributed by atoms with Gasteiger partial charge in [-0.15, -0.1) is 0 Å². The van der Waals surface area contributed by atoms with Crippen LogP contribution in [0.5, 0.6) is 0 Å². The lowest BCUT2D eigenvalue weighted by Gasteiger charge is -2.12. The van der Waals surface area contributed by atoms with Gasteiger partial charge in [-0.1, -0.05) is 13.8 Å². The van der Waals surface area contributed by atoms with Crippen molar-refractivity contribution in [3.05, 3.63) is 0 Å². The molecule has 0 aliphatic carbocycles. The molecule has 0 spiro atoms. The first-order valence-corrected chi connectivity index (χ1v) is 4.15. The summed E-state index contributed by atoms with van der Waals surface area (Å²) in [6.45, 7) is 5.34. The molecule has 0 aromatic carbocycles. The Morgan fingerprint density at radius 3 is 2.08 bits per heavy atom. The zero-order valence-electron chi connectivity index (χ0n) is 7.83. The summed E-state index contributed by atoms with van der Waals surface area (Å²) in [5.41, 5.74) is 0. The molecule has 0 saturated carbocycles. The fraction of sp³-hybridized carbons (Fsp3) is 0.778. The van der Waals surface area contributed by atoms with Gasteiger partial charge in [0.1, 0.15) is 5.78 Å². The van der Waals surface area contributed by atoms with Crippen molar-refractivity contribution in [1.29, 1.82) is 0 Å². The number of Topliss-reactive ketones (excluding diaryl/α,β-unsaturated/α-hetero) is 1. The number of rotatable bonds is 5. The van der Waals surface area contributed by atoms with Crippen molar-refractivity contribution in [3.8, 4) is 0 Å². The van der Waals surface area contributed by atoms with Crippen molar-refractivity contribution in [2.45, 2.75) is 33.6 Å². The molecule has 3 nitrogen and oxygen atoms in total. The number of hydrogen-bond donors (Lipinski definition) is 1. The van der Waals surface area contributed by atoms with Crippen LogP contribution in [0.3, 0.4) is 0 Å². The Bertz CT molecular complexity index is 173. The van der Waals surface area contributed by atoms with Crippen molar-refractivity contribution in [2.24, 2.45) is 11.8 Å². The Balaban J connectivity index is 4.04. The van der Waals surface area contributed by atoms with Gasteiger partial charge in [-0.25, -0.2) is 0 Å². The maximum Gasteiger partial charge on any atom is 0.306 e. The molecule has 0 fully saturated rings. The summed E-state index contributed by atoms with van der Waals surface area (Å²) in [7, 11) is 0. The predicted octanol–water partition coefficient (Wildman–Crippen LogP) is 1.71. The van der Waals surface area contributed by atoms with Crippen molar-refractivity contribution in [2.75, 3.05) is 0 Å². The van der Waals surface area contributed by atoms with Crippen LogP contribution in [0.25, 0.3) is 0 Å². The summed E-state index contributed by atoms with van der Waals surface area (Å²) in [5.74, 6) is -1.09. The standard InChI is InChI=1S/C9H16O3/c1-6(2)4-8(9(11)12)5-7(3)10/h6,8H,4-5H2,1-3H3,(H,11,12)/t8-/m0/s1. The van der Waals surface area contributed by atoms with Crippen LogP contribution in [0.1, 0.15) is 33.6 Å². The molecule has 0 aliphatic heterocycles. The van der Waals surface area contributed by atoms with Gasteiger partial charge in [0.2, 0.25) is 0 Å². The molecule has 0 radical (unpaired) electrons. The Morgan fingerprint density at radius 2 is 1.83 bits per heavy atom. The lowest BCUT2D eigenvalue weighted by Crippen LogP contribution is -2.18. The fourth-order valence-corrected chi connectivity index (χ4v) is 1.19. The highest BCUT2D eigenvalue weighted by atomic mass is 16.4. The molecule has 0 unspecified atom stereocenters. The van der Waals surface area contributed by atoms with E-state index in [4.69, 9.17) is 5.11 Å². The highest BCUT2D eigenvalue weighted by molar-refractivity contribution is 5.81. The summed E-state index contributed by atoms with van der Waals surface area (Å²) in [6.07, 6.45) is 0.739. The number of carbonyl (C=O) groups excluding carboxylic acids is 1. The Kier molecular flexibility index (Phi) is 4.55. The number of aliphatic carboxylic acids is 1. The van der Waals surface area contributed by atoms with Crippen LogP contribution in [0, 0.1) is 11.8 Å². The summed E-state index contributed by atoms with van der Waals surface area (Å²) >= 11 is 0. The third-order valence-corrected chi connectivity index (χ3v) is 1.64. The molecule has 0 heterocycles. The van der Waals surface area contributed by atoms with Crippen LogP contribution in [0.15, 0.2) is 0 Å². The second-order valence-corrected chi connectivity index (χ2v) is 3.57. The van der Waals surface area contributed by atoms with Crippen molar-refractivity contribution < 1.29 is 14.7 Å². The quantitative estimate of drug-likeness (QED) is 0.686. The third kappa shape index (κ3) is 4.88. The molecule has 0 saturated heterocycles. The lowest BCUT2D eigenvalue weighted by atomic mass is 9.93. The van der Waals surface area contributed by atoms with Crippen LogP contribution in [-0.4, -0.2) is 16.9 Å². The second-order valence-electron chi connectivity index (χ2n) is 3.57. The first kappa shape index (κ1) is 11.1. The van der Waals surface area contributed by atoms with E-state index in [0.29, 0.717) is 12.3 Å². The molecule has 0 aromatic rings. The number of carboxylic acids is 1. The van der Waals surface area contributed by atoms with Gasteiger partial charge in [-0.2, -0.15) is 0 Å². The van der Waals surface area contributed by atoms with Gasteiger partial charge in [0.05, 0.1) is 5.92 Å². The van der Waals surface area contributed by atoms with Crippen molar-refractivity contribution in [3.63, 3.8) is 0 Å². The Morgan fingerprint density at radius 1 is 1.33 bits per heavy atom. The molecule has 0 aliphatic rings.